The van der Waals surface area contributed by atoms with Gasteiger partial charge in [-0.15, -0.1) is 0 Å². The molecule has 11 heteroatoms. The molecule has 4 rings (SSSR count). The Hall–Kier alpha value is -3.11. The smallest absolute Gasteiger partial charge is 0.370 e. The summed E-state index contributed by atoms with van der Waals surface area (Å²) >= 11 is 0. The predicted molar refractivity (Wildman–Crippen MR) is 96.4 cm³/mol. The van der Waals surface area contributed by atoms with E-state index in [0.717, 1.165) is 25.0 Å². The first-order valence-corrected chi connectivity index (χ1v) is 8.88. The third kappa shape index (κ3) is 3.27. The molecule has 2 N–H and O–H groups in total. The number of imidazole rings is 1. The molecule has 8 nitrogen and oxygen atoms in total. The van der Waals surface area contributed by atoms with E-state index in [1.807, 2.05) is 17.8 Å². The highest BCUT2D eigenvalue weighted by atomic mass is 19.4. The summed E-state index contributed by atoms with van der Waals surface area (Å²) in [7, 11) is 0. The van der Waals surface area contributed by atoms with E-state index in [-0.39, 0.29) is 17.8 Å². The maximum atomic E-state index is 13.1. The first kappa shape index (κ1) is 18.3. The lowest BCUT2D eigenvalue weighted by Crippen LogP contribution is -2.14. The molecule has 148 valence electrons. The average molecular weight is 392 g/mol. The maximum Gasteiger partial charge on any atom is 0.421 e. The number of aromatic nitrogens is 6. The summed E-state index contributed by atoms with van der Waals surface area (Å²) < 4.78 is 43.2. The monoisotopic (exact) mass is 392 g/mol. The second kappa shape index (κ2) is 6.80. The zero-order valence-corrected chi connectivity index (χ0v) is 15.3. The van der Waals surface area contributed by atoms with Crippen LogP contribution in [0.2, 0.25) is 0 Å². The quantitative estimate of drug-likeness (QED) is 0.693. The van der Waals surface area contributed by atoms with Crippen LogP contribution in [0.25, 0.3) is 0 Å². The van der Waals surface area contributed by atoms with Gasteiger partial charge in [0.1, 0.15) is 23.2 Å². The summed E-state index contributed by atoms with van der Waals surface area (Å²) in [5, 5.41) is 10.1. The SMILES string of the molecule is CCNc1nc(Nc2cn([C@H]3CCn4ccnc43)nc2C)ncc1C(F)(F)F. The van der Waals surface area contributed by atoms with Gasteiger partial charge in [0.25, 0.3) is 0 Å². The molecule has 1 atom stereocenters. The van der Waals surface area contributed by atoms with Crippen molar-refractivity contribution in [3.05, 3.63) is 41.9 Å². The van der Waals surface area contributed by atoms with Crippen LogP contribution in [0, 0.1) is 6.92 Å². The Balaban J connectivity index is 1.60. The van der Waals surface area contributed by atoms with Gasteiger partial charge in [-0.05, 0) is 20.3 Å². The predicted octanol–water partition coefficient (Wildman–Crippen LogP) is 3.37. The van der Waals surface area contributed by atoms with Crippen molar-refractivity contribution >= 4 is 17.5 Å². The molecule has 0 unspecified atom stereocenters. The Morgan fingerprint density at radius 1 is 1.29 bits per heavy atom. The zero-order valence-electron chi connectivity index (χ0n) is 15.3. The highest BCUT2D eigenvalue weighted by Crippen LogP contribution is 2.34. The highest BCUT2D eigenvalue weighted by molar-refractivity contribution is 5.58. The molecule has 3 aromatic heterocycles. The van der Waals surface area contributed by atoms with Crippen molar-refractivity contribution in [3.63, 3.8) is 0 Å². The third-order valence-electron chi connectivity index (χ3n) is 4.61. The number of nitrogens with one attached hydrogen (secondary N) is 2. The van der Waals surface area contributed by atoms with Crippen LogP contribution >= 0.6 is 0 Å². The Morgan fingerprint density at radius 2 is 2.11 bits per heavy atom. The van der Waals surface area contributed by atoms with Gasteiger partial charge in [0.15, 0.2) is 0 Å². The van der Waals surface area contributed by atoms with Crippen molar-refractivity contribution < 1.29 is 13.2 Å². The van der Waals surface area contributed by atoms with E-state index < -0.39 is 11.7 Å². The van der Waals surface area contributed by atoms with E-state index in [1.54, 1.807) is 19.3 Å². The average Bonchev–Trinajstić information content (AvgIpc) is 3.31. The first-order chi connectivity index (χ1) is 13.4. The number of hydrogen-bond donors (Lipinski definition) is 2. The van der Waals surface area contributed by atoms with Crippen molar-refractivity contribution in [3.8, 4) is 0 Å². The van der Waals surface area contributed by atoms with E-state index in [0.29, 0.717) is 17.9 Å². The standard InChI is InChI=1S/C17H19F3N8/c1-3-21-14-11(17(18,19)20)8-23-16(25-14)24-12-9-28(26-10(12)2)13-4-6-27-7-5-22-15(13)27/h5,7-9,13H,3-4,6H2,1-2H3,(H2,21,23,24,25)/t13-/m0/s1. The van der Waals surface area contributed by atoms with Crippen molar-refractivity contribution in [2.75, 3.05) is 17.2 Å². The molecule has 0 aromatic carbocycles. The molecule has 0 radical (unpaired) electrons. The van der Waals surface area contributed by atoms with E-state index in [2.05, 4.69) is 35.3 Å². The van der Waals surface area contributed by atoms with Crippen LogP contribution in [0.5, 0.6) is 0 Å². The minimum Gasteiger partial charge on any atom is -0.370 e. The second-order valence-electron chi connectivity index (χ2n) is 6.50. The Morgan fingerprint density at radius 3 is 2.86 bits per heavy atom. The number of fused-ring (bicyclic) bond motifs is 1. The van der Waals surface area contributed by atoms with Crippen molar-refractivity contribution in [1.29, 1.82) is 0 Å². The number of hydrogen-bond acceptors (Lipinski definition) is 6. The van der Waals surface area contributed by atoms with Gasteiger partial charge in [0, 0.05) is 37.9 Å². The minimum atomic E-state index is -4.53. The normalized spacial score (nSPS) is 16.2. The summed E-state index contributed by atoms with van der Waals surface area (Å²) in [5.74, 6) is 0.754. The zero-order chi connectivity index (χ0) is 19.9. The summed E-state index contributed by atoms with van der Waals surface area (Å²) in [6, 6.07) is 0.0232. The molecule has 1 aliphatic heterocycles. The summed E-state index contributed by atoms with van der Waals surface area (Å²) in [6.45, 7) is 4.70. The molecule has 0 spiro atoms. The molecule has 28 heavy (non-hydrogen) atoms. The van der Waals surface area contributed by atoms with Gasteiger partial charge in [-0.3, -0.25) is 4.68 Å². The molecule has 4 heterocycles. The topological polar surface area (TPSA) is 85.5 Å². The Bertz CT molecular complexity index is 991. The van der Waals surface area contributed by atoms with E-state index in [1.165, 1.54) is 0 Å². The molecule has 0 aliphatic carbocycles. The lowest BCUT2D eigenvalue weighted by molar-refractivity contribution is -0.137. The molecule has 0 fully saturated rings. The van der Waals surface area contributed by atoms with Crippen molar-refractivity contribution in [2.24, 2.45) is 0 Å². The summed E-state index contributed by atoms with van der Waals surface area (Å²) in [6.07, 6.45) is 2.63. The van der Waals surface area contributed by atoms with Crippen LogP contribution in [0.3, 0.4) is 0 Å². The first-order valence-electron chi connectivity index (χ1n) is 8.88. The molecular weight excluding hydrogens is 373 g/mol. The lowest BCUT2D eigenvalue weighted by Gasteiger charge is -2.13. The van der Waals surface area contributed by atoms with Gasteiger partial charge in [-0.2, -0.15) is 23.3 Å². The molecule has 0 amide bonds. The molecule has 0 bridgehead atoms. The Labute approximate surface area is 158 Å². The van der Waals surface area contributed by atoms with Crippen LogP contribution in [0.1, 0.15) is 36.5 Å². The molecule has 0 saturated carbocycles. The fourth-order valence-corrected chi connectivity index (χ4v) is 3.28. The van der Waals surface area contributed by atoms with Crippen LogP contribution in [-0.4, -0.2) is 35.8 Å². The summed E-state index contributed by atoms with van der Waals surface area (Å²) in [4.78, 5) is 12.2. The lowest BCUT2D eigenvalue weighted by atomic mass is 10.2. The number of alkyl halides is 3. The van der Waals surface area contributed by atoms with Crippen LogP contribution in [-0.2, 0) is 12.7 Å². The second-order valence-corrected chi connectivity index (χ2v) is 6.50. The molecule has 1 aliphatic rings. The van der Waals surface area contributed by atoms with Gasteiger partial charge < -0.3 is 15.2 Å². The van der Waals surface area contributed by atoms with Crippen molar-refractivity contribution in [1.82, 2.24) is 29.3 Å². The van der Waals surface area contributed by atoms with Gasteiger partial charge in [-0.25, -0.2) is 9.97 Å². The largest absolute Gasteiger partial charge is 0.421 e. The van der Waals surface area contributed by atoms with Crippen LogP contribution in [0.15, 0.2) is 24.8 Å². The highest BCUT2D eigenvalue weighted by Gasteiger charge is 2.35. The van der Waals surface area contributed by atoms with Crippen molar-refractivity contribution in [2.45, 2.75) is 39.0 Å². The van der Waals surface area contributed by atoms with Gasteiger partial charge in [0.05, 0.1) is 11.4 Å². The number of halogens is 3. The van der Waals surface area contributed by atoms with Gasteiger partial charge in [0.2, 0.25) is 5.95 Å². The molecular formula is C17H19F3N8. The number of nitrogens with zero attached hydrogens (tertiary/aromatic N) is 6. The van der Waals surface area contributed by atoms with E-state index in [9.17, 15) is 13.2 Å². The third-order valence-corrected chi connectivity index (χ3v) is 4.61. The van der Waals surface area contributed by atoms with Crippen LogP contribution < -0.4 is 10.6 Å². The number of anilines is 3. The maximum absolute atomic E-state index is 13.1. The van der Waals surface area contributed by atoms with E-state index >= 15 is 0 Å². The van der Waals surface area contributed by atoms with Gasteiger partial charge >= 0.3 is 6.18 Å². The number of aryl methyl sites for hydroxylation is 2. The Kier molecular flexibility index (Phi) is 4.44. The van der Waals surface area contributed by atoms with Gasteiger partial charge in [-0.1, -0.05) is 0 Å². The summed E-state index contributed by atoms with van der Waals surface area (Å²) in [5.41, 5.74) is 0.427. The van der Waals surface area contributed by atoms with Crippen LogP contribution in [0.4, 0.5) is 30.6 Å². The fourth-order valence-electron chi connectivity index (χ4n) is 3.28. The fraction of sp³-hybridized carbons (Fsp3) is 0.412. The molecule has 3 aromatic rings. The minimum absolute atomic E-state index is 0.0232. The molecule has 0 saturated heterocycles. The number of rotatable bonds is 5. The van der Waals surface area contributed by atoms with E-state index in [4.69, 9.17) is 0 Å².